The summed E-state index contributed by atoms with van der Waals surface area (Å²) in [5.74, 6) is 0.796. The zero-order valence-corrected chi connectivity index (χ0v) is 8.73. The quantitative estimate of drug-likeness (QED) is 0.741. The summed E-state index contributed by atoms with van der Waals surface area (Å²) in [7, 11) is 1.77. The number of hydrogen-bond acceptors (Lipinski definition) is 3. The zero-order valence-electron chi connectivity index (χ0n) is 8.73. The van der Waals surface area contributed by atoms with Crippen molar-refractivity contribution in [2.24, 2.45) is 7.05 Å². The number of aromatic hydroxyl groups is 1. The second-order valence-corrected chi connectivity index (χ2v) is 3.60. The SMILES string of the molecule is Cc1ccc(O)c(-c2cc(N)n(C)n2)c1. The molecule has 1 heterocycles. The summed E-state index contributed by atoms with van der Waals surface area (Å²) in [6.07, 6.45) is 0. The molecule has 0 saturated heterocycles. The fourth-order valence-corrected chi connectivity index (χ4v) is 1.47. The molecular formula is C11H13N3O. The second kappa shape index (κ2) is 3.31. The Bertz CT molecular complexity index is 483. The Morgan fingerprint density at radius 2 is 2.07 bits per heavy atom. The number of phenolic OH excluding ortho intramolecular Hbond substituents is 1. The fourth-order valence-electron chi connectivity index (χ4n) is 1.47. The van der Waals surface area contributed by atoms with Crippen LogP contribution in [0.2, 0.25) is 0 Å². The first-order valence-corrected chi connectivity index (χ1v) is 4.67. The Balaban J connectivity index is 2.58. The molecule has 4 nitrogen and oxygen atoms in total. The molecule has 0 bridgehead atoms. The van der Waals surface area contributed by atoms with E-state index in [1.807, 2.05) is 19.1 Å². The molecule has 0 amide bonds. The number of aromatic nitrogens is 2. The highest BCUT2D eigenvalue weighted by Gasteiger charge is 2.09. The van der Waals surface area contributed by atoms with Crippen molar-refractivity contribution in [3.63, 3.8) is 0 Å². The minimum atomic E-state index is 0.221. The van der Waals surface area contributed by atoms with E-state index < -0.39 is 0 Å². The second-order valence-electron chi connectivity index (χ2n) is 3.60. The highest BCUT2D eigenvalue weighted by atomic mass is 16.3. The van der Waals surface area contributed by atoms with E-state index in [1.54, 1.807) is 23.9 Å². The van der Waals surface area contributed by atoms with E-state index in [0.717, 1.165) is 5.56 Å². The van der Waals surface area contributed by atoms with E-state index in [9.17, 15) is 5.11 Å². The molecule has 0 saturated carbocycles. The summed E-state index contributed by atoms with van der Waals surface area (Å²) in [6, 6.07) is 7.15. The number of nitrogens with zero attached hydrogens (tertiary/aromatic N) is 2. The normalized spacial score (nSPS) is 10.5. The van der Waals surface area contributed by atoms with Gasteiger partial charge in [-0.1, -0.05) is 11.6 Å². The summed E-state index contributed by atoms with van der Waals surface area (Å²) in [5.41, 5.74) is 8.16. The largest absolute Gasteiger partial charge is 0.507 e. The average molecular weight is 203 g/mol. The molecule has 78 valence electrons. The van der Waals surface area contributed by atoms with Crippen molar-refractivity contribution in [3.8, 4) is 17.0 Å². The van der Waals surface area contributed by atoms with Crippen molar-refractivity contribution in [1.82, 2.24) is 9.78 Å². The molecule has 0 aliphatic rings. The first-order chi connectivity index (χ1) is 7.08. The summed E-state index contributed by atoms with van der Waals surface area (Å²) < 4.78 is 1.58. The number of aryl methyl sites for hydroxylation is 2. The number of benzene rings is 1. The van der Waals surface area contributed by atoms with Crippen LogP contribution in [0.3, 0.4) is 0 Å². The van der Waals surface area contributed by atoms with Crippen molar-refractivity contribution >= 4 is 5.82 Å². The van der Waals surface area contributed by atoms with Crippen LogP contribution in [0.15, 0.2) is 24.3 Å². The lowest BCUT2D eigenvalue weighted by Crippen LogP contribution is -1.96. The maximum Gasteiger partial charge on any atom is 0.125 e. The Hall–Kier alpha value is -1.97. The van der Waals surface area contributed by atoms with Crippen molar-refractivity contribution < 1.29 is 5.11 Å². The molecule has 2 rings (SSSR count). The van der Waals surface area contributed by atoms with Crippen molar-refractivity contribution in [3.05, 3.63) is 29.8 Å². The Kier molecular flexibility index (Phi) is 2.11. The molecule has 0 spiro atoms. The van der Waals surface area contributed by atoms with Crippen LogP contribution in [0.25, 0.3) is 11.3 Å². The predicted molar refractivity (Wildman–Crippen MR) is 59.5 cm³/mol. The van der Waals surface area contributed by atoms with E-state index in [-0.39, 0.29) is 5.75 Å². The molecule has 0 fully saturated rings. The maximum atomic E-state index is 9.70. The van der Waals surface area contributed by atoms with Gasteiger partial charge in [-0.15, -0.1) is 0 Å². The van der Waals surface area contributed by atoms with Gasteiger partial charge in [0.1, 0.15) is 11.6 Å². The molecule has 0 radical (unpaired) electrons. The molecule has 4 heteroatoms. The highest BCUT2D eigenvalue weighted by Crippen LogP contribution is 2.29. The van der Waals surface area contributed by atoms with Gasteiger partial charge in [0, 0.05) is 18.7 Å². The number of rotatable bonds is 1. The van der Waals surface area contributed by atoms with Crippen molar-refractivity contribution in [1.29, 1.82) is 0 Å². The van der Waals surface area contributed by atoms with E-state index in [4.69, 9.17) is 5.73 Å². The molecule has 1 aromatic carbocycles. The minimum absolute atomic E-state index is 0.221. The molecule has 0 unspecified atom stereocenters. The third kappa shape index (κ3) is 1.66. The fraction of sp³-hybridized carbons (Fsp3) is 0.182. The summed E-state index contributed by atoms with van der Waals surface area (Å²) in [5, 5.41) is 13.9. The lowest BCUT2D eigenvalue weighted by molar-refractivity contribution is 0.477. The molecular weight excluding hydrogens is 190 g/mol. The number of nitrogens with two attached hydrogens (primary N) is 1. The van der Waals surface area contributed by atoms with Gasteiger partial charge in [0.15, 0.2) is 0 Å². The molecule has 3 N–H and O–H groups in total. The van der Waals surface area contributed by atoms with Crippen LogP contribution in [0.4, 0.5) is 5.82 Å². The molecule has 1 aromatic heterocycles. The van der Waals surface area contributed by atoms with Crippen LogP contribution >= 0.6 is 0 Å². The van der Waals surface area contributed by atoms with E-state index in [0.29, 0.717) is 17.1 Å². The van der Waals surface area contributed by atoms with Crippen LogP contribution < -0.4 is 5.73 Å². The Labute approximate surface area is 88.0 Å². The van der Waals surface area contributed by atoms with Gasteiger partial charge in [0.25, 0.3) is 0 Å². The summed E-state index contributed by atoms with van der Waals surface area (Å²) >= 11 is 0. The van der Waals surface area contributed by atoms with Gasteiger partial charge in [-0.3, -0.25) is 4.68 Å². The minimum Gasteiger partial charge on any atom is -0.507 e. The third-order valence-electron chi connectivity index (χ3n) is 2.34. The van der Waals surface area contributed by atoms with Crippen molar-refractivity contribution in [2.75, 3.05) is 5.73 Å². The predicted octanol–water partition coefficient (Wildman–Crippen LogP) is 1.68. The standard InChI is InChI=1S/C11H13N3O/c1-7-3-4-10(15)8(5-7)9-6-11(12)14(2)13-9/h3-6,15H,12H2,1-2H3. The molecule has 0 aliphatic carbocycles. The van der Waals surface area contributed by atoms with Crippen LogP contribution in [-0.2, 0) is 7.05 Å². The Morgan fingerprint density at radius 1 is 1.33 bits per heavy atom. The average Bonchev–Trinajstić information content (AvgIpc) is 2.51. The first-order valence-electron chi connectivity index (χ1n) is 4.67. The van der Waals surface area contributed by atoms with Crippen LogP contribution in [0.5, 0.6) is 5.75 Å². The highest BCUT2D eigenvalue weighted by molar-refractivity contribution is 5.69. The number of hydrogen-bond donors (Lipinski definition) is 2. The maximum absolute atomic E-state index is 9.70. The molecule has 2 aromatic rings. The van der Waals surface area contributed by atoms with Gasteiger partial charge in [0.2, 0.25) is 0 Å². The molecule has 15 heavy (non-hydrogen) atoms. The van der Waals surface area contributed by atoms with Gasteiger partial charge >= 0.3 is 0 Å². The topological polar surface area (TPSA) is 64.1 Å². The van der Waals surface area contributed by atoms with Crippen LogP contribution in [-0.4, -0.2) is 14.9 Å². The Morgan fingerprint density at radius 3 is 2.67 bits per heavy atom. The monoisotopic (exact) mass is 203 g/mol. The third-order valence-corrected chi connectivity index (χ3v) is 2.34. The van der Waals surface area contributed by atoms with Crippen molar-refractivity contribution in [2.45, 2.75) is 6.92 Å². The smallest absolute Gasteiger partial charge is 0.125 e. The van der Waals surface area contributed by atoms with E-state index in [2.05, 4.69) is 5.10 Å². The number of phenols is 1. The van der Waals surface area contributed by atoms with E-state index >= 15 is 0 Å². The first kappa shape index (κ1) is 9.58. The summed E-state index contributed by atoms with van der Waals surface area (Å²) in [6.45, 7) is 1.97. The van der Waals surface area contributed by atoms with Crippen LogP contribution in [0.1, 0.15) is 5.56 Å². The zero-order chi connectivity index (χ0) is 11.0. The number of anilines is 1. The van der Waals surface area contributed by atoms with E-state index in [1.165, 1.54) is 0 Å². The van der Waals surface area contributed by atoms with Gasteiger partial charge in [-0.2, -0.15) is 5.10 Å². The summed E-state index contributed by atoms with van der Waals surface area (Å²) in [4.78, 5) is 0. The molecule has 0 aliphatic heterocycles. The van der Waals surface area contributed by atoms with Gasteiger partial charge in [-0.25, -0.2) is 0 Å². The van der Waals surface area contributed by atoms with Gasteiger partial charge in [-0.05, 0) is 19.1 Å². The lowest BCUT2D eigenvalue weighted by atomic mass is 10.1. The van der Waals surface area contributed by atoms with Gasteiger partial charge in [0.05, 0.1) is 5.69 Å². The van der Waals surface area contributed by atoms with Gasteiger partial charge < -0.3 is 10.8 Å². The lowest BCUT2D eigenvalue weighted by Gasteiger charge is -2.01. The number of nitrogen functional groups attached to an aromatic ring is 1. The van der Waals surface area contributed by atoms with Crippen LogP contribution in [0, 0.1) is 6.92 Å². The molecule has 0 atom stereocenters.